The Bertz CT molecular complexity index is 1830. The van der Waals surface area contributed by atoms with E-state index >= 15 is 0 Å². The third-order valence-corrected chi connectivity index (χ3v) is 8.15. The molecule has 12 nitrogen and oxygen atoms in total. The maximum atomic E-state index is 13.5. The average molecular weight is 579 g/mol. The van der Waals surface area contributed by atoms with E-state index in [0.29, 0.717) is 17.1 Å². The minimum absolute atomic E-state index is 0.0237. The van der Waals surface area contributed by atoms with E-state index in [1.165, 1.54) is 22.5 Å². The number of halogens is 2. The van der Waals surface area contributed by atoms with Crippen LogP contribution in [0.15, 0.2) is 52.4 Å². The van der Waals surface area contributed by atoms with E-state index < -0.39 is 41.0 Å². The quantitative estimate of drug-likeness (QED) is 0.336. The van der Waals surface area contributed by atoms with Gasteiger partial charge in [-0.3, -0.25) is 23.5 Å². The molecule has 0 aromatic carbocycles. The molecule has 1 saturated heterocycles. The van der Waals surface area contributed by atoms with E-state index in [1.54, 1.807) is 50.4 Å². The van der Waals surface area contributed by atoms with Gasteiger partial charge in [-0.1, -0.05) is 13.0 Å². The van der Waals surface area contributed by atoms with Crippen LogP contribution in [0.2, 0.25) is 0 Å². The average Bonchev–Trinajstić information content (AvgIpc) is 3.41. The number of fused-ring (bicyclic) bond motifs is 2. The molecule has 5 heterocycles. The number of aryl methyl sites for hydroxylation is 1. The first-order valence-electron chi connectivity index (χ1n) is 13.6. The number of nitrogens with zero attached hydrogens (tertiary/aromatic N) is 7. The number of hydrogen-bond acceptors (Lipinski definition) is 8. The summed E-state index contributed by atoms with van der Waals surface area (Å²) < 4.78 is 30.5. The highest BCUT2D eigenvalue weighted by molar-refractivity contribution is 5.93. The van der Waals surface area contributed by atoms with Gasteiger partial charge in [0, 0.05) is 38.3 Å². The van der Waals surface area contributed by atoms with Crippen LogP contribution in [0.3, 0.4) is 0 Å². The Morgan fingerprint density at radius 2 is 1.86 bits per heavy atom. The minimum Gasteiger partial charge on any atom is -0.356 e. The molecule has 3 atom stereocenters. The zero-order valence-electron chi connectivity index (χ0n) is 23.1. The molecule has 4 aromatic rings. The van der Waals surface area contributed by atoms with Crippen LogP contribution >= 0.6 is 0 Å². The predicted octanol–water partition coefficient (Wildman–Crippen LogP) is 2.23. The summed E-state index contributed by atoms with van der Waals surface area (Å²) in [5.74, 6) is -3.62. The molecule has 4 aromatic heterocycles. The maximum Gasteiger partial charge on any atom is 0.332 e. The molecule has 218 valence electrons. The molecule has 42 heavy (non-hydrogen) atoms. The Labute approximate surface area is 237 Å². The third-order valence-electron chi connectivity index (χ3n) is 8.15. The van der Waals surface area contributed by atoms with Crippen molar-refractivity contribution < 1.29 is 18.4 Å². The lowest BCUT2D eigenvalue weighted by molar-refractivity contribution is -0.120. The molecular weight excluding hydrogens is 550 g/mol. The molecule has 1 N–H and O–H groups in total. The van der Waals surface area contributed by atoms with Crippen molar-refractivity contribution in [3.63, 3.8) is 0 Å². The summed E-state index contributed by atoms with van der Waals surface area (Å²) in [6.07, 6.45) is 3.09. The molecule has 2 aliphatic rings. The molecule has 1 aliphatic carbocycles. The molecular formula is C28H28F2N8O4. The molecule has 14 heteroatoms. The van der Waals surface area contributed by atoms with Crippen LogP contribution in [0.5, 0.6) is 0 Å². The van der Waals surface area contributed by atoms with Crippen LogP contribution in [0, 0.1) is 11.8 Å². The van der Waals surface area contributed by atoms with Crippen molar-refractivity contribution in [3.05, 3.63) is 63.7 Å². The number of pyridine rings is 2. The van der Waals surface area contributed by atoms with E-state index in [-0.39, 0.29) is 48.8 Å². The lowest BCUT2D eigenvalue weighted by Crippen LogP contribution is -2.41. The van der Waals surface area contributed by atoms with Crippen LogP contribution in [0.4, 0.5) is 20.4 Å². The molecule has 0 bridgehead atoms. The molecule has 1 saturated carbocycles. The van der Waals surface area contributed by atoms with Gasteiger partial charge >= 0.3 is 5.69 Å². The Hall–Kier alpha value is -4.75. The van der Waals surface area contributed by atoms with Gasteiger partial charge < -0.3 is 14.8 Å². The number of amides is 1. The highest BCUT2D eigenvalue weighted by Crippen LogP contribution is 2.59. The topological polar surface area (TPSA) is 137 Å². The zero-order chi connectivity index (χ0) is 29.9. The number of piperidine rings is 1. The van der Waals surface area contributed by atoms with E-state index in [4.69, 9.17) is 0 Å². The first kappa shape index (κ1) is 27.4. The van der Waals surface area contributed by atoms with Gasteiger partial charge in [-0.05, 0) is 31.2 Å². The summed E-state index contributed by atoms with van der Waals surface area (Å²) in [4.78, 5) is 66.2. The van der Waals surface area contributed by atoms with Gasteiger partial charge in [0.2, 0.25) is 5.91 Å². The number of alkyl halides is 2. The fourth-order valence-electron chi connectivity index (χ4n) is 5.45. The van der Waals surface area contributed by atoms with Crippen molar-refractivity contribution in [1.29, 1.82) is 0 Å². The number of carbonyl (C=O) groups is 2. The largest absolute Gasteiger partial charge is 0.356 e. The first-order chi connectivity index (χ1) is 20.0. The standard InChI is InChI=1S/C28H28F2N8O4/c1-4-17(39)11-37-26(41)23-24(35(3)27(37)42)32-14-38(23)15(2)25(40)34-21-7-5-6-20(33-21)16-8-9-22(31-10-16)36-12-18-19(13-36)28(18,29)30/h5-10,14-15,18-19H,4,11-13H2,1-3H3,(H,33,34,40). The number of ketones is 1. The van der Waals surface area contributed by atoms with Crippen molar-refractivity contribution in [3.8, 4) is 11.3 Å². The first-order valence-corrected chi connectivity index (χ1v) is 13.6. The van der Waals surface area contributed by atoms with Crippen LogP contribution in [-0.2, 0) is 23.2 Å². The van der Waals surface area contributed by atoms with E-state index in [2.05, 4.69) is 20.3 Å². The zero-order valence-corrected chi connectivity index (χ0v) is 23.1. The number of aromatic nitrogens is 6. The van der Waals surface area contributed by atoms with E-state index in [1.807, 2.05) is 4.90 Å². The SMILES string of the molecule is CCC(=O)Cn1c(=O)c2c(ncn2C(C)C(=O)Nc2cccc(-c3ccc(N4CC5C(C4)C5(F)F)nc3)n2)n(C)c1=O. The van der Waals surface area contributed by atoms with Crippen molar-refractivity contribution in [2.75, 3.05) is 23.3 Å². The van der Waals surface area contributed by atoms with Crippen molar-refractivity contribution in [2.24, 2.45) is 18.9 Å². The van der Waals surface area contributed by atoms with Gasteiger partial charge in [0.05, 0.1) is 30.4 Å². The monoisotopic (exact) mass is 578 g/mol. The number of Topliss-reactive ketones (excluding diaryl/α,β-unsaturated/α-hetero) is 1. The molecule has 0 spiro atoms. The van der Waals surface area contributed by atoms with E-state index in [9.17, 15) is 28.0 Å². The van der Waals surface area contributed by atoms with Gasteiger partial charge in [0.25, 0.3) is 11.5 Å². The summed E-state index contributed by atoms with van der Waals surface area (Å²) in [5.41, 5.74) is -0.0270. The summed E-state index contributed by atoms with van der Waals surface area (Å²) >= 11 is 0. The second-order valence-corrected chi connectivity index (χ2v) is 10.7. The maximum absolute atomic E-state index is 13.5. The highest BCUT2D eigenvalue weighted by Gasteiger charge is 2.71. The fraction of sp³-hybridized carbons (Fsp3) is 0.393. The molecule has 0 radical (unpaired) electrons. The van der Waals surface area contributed by atoms with Crippen LogP contribution in [0.1, 0.15) is 26.3 Å². The summed E-state index contributed by atoms with van der Waals surface area (Å²) in [6, 6.07) is 7.75. The van der Waals surface area contributed by atoms with Gasteiger partial charge in [-0.25, -0.2) is 28.5 Å². The Morgan fingerprint density at radius 1 is 1.12 bits per heavy atom. The number of anilines is 2. The Balaban J connectivity index is 1.20. The molecule has 6 rings (SSSR count). The fourth-order valence-corrected chi connectivity index (χ4v) is 5.45. The minimum atomic E-state index is -2.56. The Kier molecular flexibility index (Phi) is 6.50. The Morgan fingerprint density at radius 3 is 2.52 bits per heavy atom. The molecule has 1 aliphatic heterocycles. The van der Waals surface area contributed by atoms with Crippen LogP contribution < -0.4 is 21.5 Å². The number of rotatable bonds is 8. The smallest absolute Gasteiger partial charge is 0.332 e. The number of imidazole rings is 1. The van der Waals surface area contributed by atoms with Gasteiger partial charge in [0.15, 0.2) is 16.9 Å². The lowest BCUT2D eigenvalue weighted by Gasteiger charge is -2.20. The molecule has 2 fully saturated rings. The number of nitrogens with one attached hydrogen (secondary N) is 1. The molecule has 1 amide bonds. The van der Waals surface area contributed by atoms with Crippen LogP contribution in [0.25, 0.3) is 22.4 Å². The van der Waals surface area contributed by atoms with Gasteiger partial charge in [0.1, 0.15) is 17.7 Å². The normalized spacial score (nSPS) is 19.5. The predicted molar refractivity (Wildman–Crippen MR) is 149 cm³/mol. The summed E-state index contributed by atoms with van der Waals surface area (Å²) in [6.45, 7) is 3.42. The van der Waals surface area contributed by atoms with Crippen molar-refractivity contribution in [1.82, 2.24) is 28.7 Å². The van der Waals surface area contributed by atoms with Crippen molar-refractivity contribution in [2.45, 2.75) is 38.8 Å². The lowest BCUT2D eigenvalue weighted by atomic mass is 10.2. The van der Waals surface area contributed by atoms with Crippen LogP contribution in [-0.4, -0.2) is 59.4 Å². The third kappa shape index (κ3) is 4.46. The summed E-state index contributed by atoms with van der Waals surface area (Å²) in [5, 5.41) is 2.75. The van der Waals surface area contributed by atoms with Gasteiger partial charge in [-0.15, -0.1) is 0 Å². The van der Waals surface area contributed by atoms with Gasteiger partial charge in [-0.2, -0.15) is 0 Å². The highest BCUT2D eigenvalue weighted by atomic mass is 19.3. The van der Waals surface area contributed by atoms with Crippen molar-refractivity contribution >= 4 is 34.5 Å². The second kappa shape index (κ2) is 9.96. The number of hydrogen-bond donors (Lipinski definition) is 1. The summed E-state index contributed by atoms with van der Waals surface area (Å²) in [7, 11) is 1.45. The number of carbonyl (C=O) groups excluding carboxylic acids is 2. The van der Waals surface area contributed by atoms with E-state index in [0.717, 1.165) is 4.57 Å². The second-order valence-electron chi connectivity index (χ2n) is 10.7. The molecule has 3 unspecified atom stereocenters.